The number of benzene rings is 2. The van der Waals surface area contributed by atoms with Crippen LogP contribution in [0, 0.1) is 3.57 Å². The molecular formula is C18H12INO2. The third kappa shape index (κ3) is 3.71. The highest BCUT2D eigenvalue weighted by Crippen LogP contribution is 2.19. The van der Waals surface area contributed by atoms with Crippen molar-refractivity contribution < 1.29 is 4.42 Å². The van der Waals surface area contributed by atoms with Crippen LogP contribution in [-0.2, 0) is 0 Å². The Bertz CT molecular complexity index is 870. The zero-order chi connectivity index (χ0) is 15.4. The highest BCUT2D eigenvalue weighted by atomic mass is 127. The summed E-state index contributed by atoms with van der Waals surface area (Å²) in [4.78, 5) is 16.1. The van der Waals surface area contributed by atoms with Gasteiger partial charge in [-0.15, -0.1) is 0 Å². The van der Waals surface area contributed by atoms with E-state index >= 15 is 0 Å². The first-order valence-electron chi connectivity index (χ1n) is 6.72. The third-order valence-electron chi connectivity index (χ3n) is 3.03. The van der Waals surface area contributed by atoms with Crippen LogP contribution in [0.25, 0.3) is 23.4 Å². The Balaban J connectivity index is 1.97. The second-order valence-corrected chi connectivity index (χ2v) is 5.90. The van der Waals surface area contributed by atoms with Gasteiger partial charge < -0.3 is 4.42 Å². The highest BCUT2D eigenvalue weighted by molar-refractivity contribution is 14.1. The number of halogens is 1. The van der Waals surface area contributed by atoms with Crippen molar-refractivity contribution >= 4 is 34.7 Å². The van der Waals surface area contributed by atoms with Gasteiger partial charge in [-0.1, -0.05) is 42.5 Å². The van der Waals surface area contributed by atoms with E-state index in [-0.39, 0.29) is 0 Å². The lowest BCUT2D eigenvalue weighted by Crippen LogP contribution is -2.01. The second kappa shape index (κ2) is 6.70. The minimum absolute atomic E-state index is 0.296. The molecule has 0 saturated carbocycles. The van der Waals surface area contributed by atoms with E-state index in [9.17, 15) is 4.79 Å². The Hall–Kier alpha value is -2.21. The molecule has 0 atom stereocenters. The standard InChI is InChI=1S/C18H12INO2/c19-15-8-4-7-14(11-15)16-12-18(21)22-17(20-16)10-9-13-5-2-1-3-6-13/h1-12H/b10-9+. The van der Waals surface area contributed by atoms with Crippen LogP contribution in [-0.4, -0.2) is 4.98 Å². The van der Waals surface area contributed by atoms with Crippen LogP contribution < -0.4 is 5.63 Å². The summed E-state index contributed by atoms with van der Waals surface area (Å²) in [5, 5.41) is 0. The van der Waals surface area contributed by atoms with E-state index in [0.29, 0.717) is 11.6 Å². The molecule has 0 fully saturated rings. The van der Waals surface area contributed by atoms with E-state index in [1.54, 1.807) is 6.08 Å². The molecule has 108 valence electrons. The van der Waals surface area contributed by atoms with Crippen LogP contribution in [0.15, 0.2) is 69.9 Å². The van der Waals surface area contributed by atoms with Crippen LogP contribution in [0.4, 0.5) is 0 Å². The molecule has 1 heterocycles. The normalized spacial score (nSPS) is 11.0. The summed E-state index contributed by atoms with van der Waals surface area (Å²) in [6.45, 7) is 0. The van der Waals surface area contributed by atoms with Crippen molar-refractivity contribution in [2.24, 2.45) is 0 Å². The molecule has 0 spiro atoms. The van der Waals surface area contributed by atoms with Gasteiger partial charge in [0.05, 0.1) is 11.8 Å². The molecule has 0 unspecified atom stereocenters. The van der Waals surface area contributed by atoms with Crippen LogP contribution in [0.3, 0.4) is 0 Å². The lowest BCUT2D eigenvalue weighted by molar-refractivity contribution is 0.481. The Morgan fingerprint density at radius 2 is 1.77 bits per heavy atom. The van der Waals surface area contributed by atoms with Crippen LogP contribution in [0.2, 0.25) is 0 Å². The number of hydrogen-bond donors (Lipinski definition) is 0. The van der Waals surface area contributed by atoms with Crippen molar-refractivity contribution in [1.29, 1.82) is 0 Å². The van der Waals surface area contributed by atoms with Crippen LogP contribution in [0.5, 0.6) is 0 Å². The van der Waals surface area contributed by atoms with Gasteiger partial charge in [0.25, 0.3) is 0 Å². The van der Waals surface area contributed by atoms with Gasteiger partial charge in [0.2, 0.25) is 5.89 Å². The number of hydrogen-bond acceptors (Lipinski definition) is 3. The van der Waals surface area contributed by atoms with Crippen LogP contribution >= 0.6 is 22.6 Å². The Labute approximate surface area is 141 Å². The summed E-state index contributed by atoms with van der Waals surface area (Å²) in [5.41, 5.74) is 2.12. The highest BCUT2D eigenvalue weighted by Gasteiger charge is 2.04. The zero-order valence-corrected chi connectivity index (χ0v) is 13.7. The maximum atomic E-state index is 11.7. The van der Waals surface area contributed by atoms with E-state index in [4.69, 9.17) is 4.42 Å². The van der Waals surface area contributed by atoms with Gasteiger partial charge in [0.1, 0.15) is 0 Å². The molecule has 2 aromatic carbocycles. The fraction of sp³-hybridized carbons (Fsp3) is 0. The summed E-state index contributed by atoms with van der Waals surface area (Å²) >= 11 is 2.23. The van der Waals surface area contributed by atoms with Gasteiger partial charge in [0.15, 0.2) is 0 Å². The average molecular weight is 401 g/mol. The molecule has 0 saturated heterocycles. The van der Waals surface area contributed by atoms with E-state index < -0.39 is 5.63 Å². The molecule has 3 nitrogen and oxygen atoms in total. The molecule has 22 heavy (non-hydrogen) atoms. The van der Waals surface area contributed by atoms with Crippen molar-refractivity contribution in [3.63, 3.8) is 0 Å². The largest absolute Gasteiger partial charge is 0.404 e. The maximum Gasteiger partial charge on any atom is 0.339 e. The minimum atomic E-state index is -0.406. The molecule has 0 aliphatic heterocycles. The smallest absolute Gasteiger partial charge is 0.339 e. The van der Waals surface area contributed by atoms with E-state index in [1.807, 2.05) is 60.7 Å². The molecule has 3 rings (SSSR count). The Morgan fingerprint density at radius 1 is 0.955 bits per heavy atom. The predicted octanol–water partition coefficient (Wildman–Crippen LogP) is 4.48. The van der Waals surface area contributed by atoms with Gasteiger partial charge >= 0.3 is 5.63 Å². The number of aromatic nitrogens is 1. The Morgan fingerprint density at radius 3 is 2.55 bits per heavy atom. The van der Waals surface area contributed by atoms with Gasteiger partial charge in [-0.3, -0.25) is 0 Å². The molecule has 0 radical (unpaired) electrons. The molecule has 0 aliphatic carbocycles. The molecule has 0 N–H and O–H groups in total. The molecular weight excluding hydrogens is 389 g/mol. The molecule has 1 aromatic heterocycles. The van der Waals surface area contributed by atoms with Crippen molar-refractivity contribution in [3.8, 4) is 11.3 Å². The molecule has 0 aliphatic rings. The lowest BCUT2D eigenvalue weighted by Gasteiger charge is -2.01. The van der Waals surface area contributed by atoms with Crippen LogP contribution in [0.1, 0.15) is 11.5 Å². The van der Waals surface area contributed by atoms with Gasteiger partial charge in [-0.2, -0.15) is 0 Å². The van der Waals surface area contributed by atoms with Crippen molar-refractivity contribution in [2.75, 3.05) is 0 Å². The van der Waals surface area contributed by atoms with E-state index in [2.05, 4.69) is 27.6 Å². The maximum absolute atomic E-state index is 11.7. The quantitative estimate of drug-likeness (QED) is 0.608. The second-order valence-electron chi connectivity index (χ2n) is 4.66. The number of nitrogens with zero attached hydrogens (tertiary/aromatic N) is 1. The first-order valence-corrected chi connectivity index (χ1v) is 7.80. The van der Waals surface area contributed by atoms with Gasteiger partial charge in [0, 0.05) is 15.2 Å². The summed E-state index contributed by atoms with van der Waals surface area (Å²) < 4.78 is 6.23. The molecule has 0 amide bonds. The summed E-state index contributed by atoms with van der Waals surface area (Å²) in [6.07, 6.45) is 3.57. The monoisotopic (exact) mass is 401 g/mol. The average Bonchev–Trinajstić information content (AvgIpc) is 2.53. The predicted molar refractivity (Wildman–Crippen MR) is 96.3 cm³/mol. The topological polar surface area (TPSA) is 43.1 Å². The van der Waals surface area contributed by atoms with Crippen molar-refractivity contribution in [1.82, 2.24) is 4.98 Å². The van der Waals surface area contributed by atoms with Gasteiger partial charge in [-0.05, 0) is 46.4 Å². The summed E-state index contributed by atoms with van der Waals surface area (Å²) in [7, 11) is 0. The molecule has 4 heteroatoms. The number of rotatable bonds is 3. The molecule has 3 aromatic rings. The fourth-order valence-electron chi connectivity index (χ4n) is 2.02. The summed E-state index contributed by atoms with van der Waals surface area (Å²) in [5.74, 6) is 0.296. The summed E-state index contributed by atoms with van der Waals surface area (Å²) in [6, 6.07) is 19.0. The van der Waals surface area contributed by atoms with Crippen molar-refractivity contribution in [3.05, 3.63) is 86.1 Å². The SMILES string of the molecule is O=c1cc(-c2cccc(I)c2)nc(/C=C/c2ccccc2)o1. The first kappa shape index (κ1) is 14.7. The minimum Gasteiger partial charge on any atom is -0.404 e. The molecule has 0 bridgehead atoms. The van der Waals surface area contributed by atoms with Gasteiger partial charge in [-0.25, -0.2) is 9.78 Å². The van der Waals surface area contributed by atoms with E-state index in [0.717, 1.165) is 14.7 Å². The van der Waals surface area contributed by atoms with E-state index in [1.165, 1.54) is 6.07 Å². The lowest BCUT2D eigenvalue weighted by atomic mass is 10.1. The fourth-order valence-corrected chi connectivity index (χ4v) is 2.56. The first-order chi connectivity index (χ1) is 10.7. The van der Waals surface area contributed by atoms with Crippen molar-refractivity contribution in [2.45, 2.75) is 0 Å². The zero-order valence-electron chi connectivity index (χ0n) is 11.6. The Kier molecular flexibility index (Phi) is 4.48. The third-order valence-corrected chi connectivity index (χ3v) is 3.70.